The largest absolute Gasteiger partial charge is 0.382 e. The van der Waals surface area contributed by atoms with Crippen molar-refractivity contribution in [2.75, 3.05) is 24.7 Å². The number of nitrogens with zero attached hydrogens (tertiary/aromatic N) is 4. The minimum absolute atomic E-state index is 0.297. The monoisotopic (exact) mass is 297 g/mol. The highest BCUT2D eigenvalue weighted by Crippen LogP contribution is 2.26. The Hall–Kier alpha value is -2.89. The summed E-state index contributed by atoms with van der Waals surface area (Å²) in [5.74, 6) is 0.123. The van der Waals surface area contributed by atoms with Crippen LogP contribution in [0.1, 0.15) is 0 Å². The van der Waals surface area contributed by atoms with Gasteiger partial charge in [-0.15, -0.1) is 5.10 Å². The molecule has 0 saturated carbocycles. The first-order valence-corrected chi connectivity index (χ1v) is 6.81. The van der Waals surface area contributed by atoms with E-state index in [2.05, 4.69) is 10.3 Å². The molecule has 0 atom stereocenters. The lowest BCUT2D eigenvalue weighted by Gasteiger charge is -2.12. The zero-order valence-electron chi connectivity index (χ0n) is 12.4. The van der Waals surface area contributed by atoms with Gasteiger partial charge >= 0.3 is 0 Å². The van der Waals surface area contributed by atoms with Crippen LogP contribution in [-0.2, 0) is 0 Å². The second kappa shape index (κ2) is 5.48. The Kier molecular flexibility index (Phi) is 3.50. The lowest BCUT2D eigenvalue weighted by molar-refractivity contribution is 0.628. The van der Waals surface area contributed by atoms with Gasteiger partial charge in [0.1, 0.15) is 11.5 Å². The van der Waals surface area contributed by atoms with Crippen molar-refractivity contribution in [2.24, 2.45) is 0 Å². The van der Waals surface area contributed by atoms with Gasteiger partial charge in [0, 0.05) is 25.3 Å². The summed E-state index contributed by atoms with van der Waals surface area (Å²) in [5.41, 5.74) is 9.31. The Labute approximate surface area is 127 Å². The molecule has 0 aliphatic rings. The average molecular weight is 297 g/mol. The van der Waals surface area contributed by atoms with Gasteiger partial charge in [-0.2, -0.15) is 4.68 Å². The number of hydrogen-bond donors (Lipinski definition) is 1. The Morgan fingerprint density at radius 1 is 1.00 bits per heavy atom. The van der Waals surface area contributed by atoms with Crippen LogP contribution in [0, 0.1) is 5.82 Å². The van der Waals surface area contributed by atoms with Gasteiger partial charge in [0.25, 0.3) is 0 Å². The van der Waals surface area contributed by atoms with Crippen LogP contribution < -0.4 is 10.6 Å². The van der Waals surface area contributed by atoms with E-state index in [1.807, 2.05) is 43.3 Å². The maximum absolute atomic E-state index is 13.0. The quantitative estimate of drug-likeness (QED) is 0.807. The fourth-order valence-electron chi connectivity index (χ4n) is 2.19. The summed E-state index contributed by atoms with van der Waals surface area (Å²) in [6.07, 6.45) is 0. The Morgan fingerprint density at radius 2 is 1.64 bits per heavy atom. The molecule has 0 fully saturated rings. The van der Waals surface area contributed by atoms with Crippen LogP contribution in [0.4, 0.5) is 15.9 Å². The highest BCUT2D eigenvalue weighted by atomic mass is 19.1. The molecule has 3 aromatic rings. The standard InChI is InChI=1S/C16H16FN5/c1-21(2)13-7-9-14(10-8-13)22-16(18)15(19-20-22)11-3-5-12(17)6-4-11/h3-10H,18H2,1-2H3. The molecule has 0 saturated heterocycles. The van der Waals surface area contributed by atoms with Crippen molar-refractivity contribution >= 4 is 11.5 Å². The molecule has 3 rings (SSSR count). The molecule has 2 N–H and O–H groups in total. The normalized spacial score (nSPS) is 10.7. The molecule has 5 nitrogen and oxygen atoms in total. The van der Waals surface area contributed by atoms with Crippen molar-refractivity contribution in [1.82, 2.24) is 15.0 Å². The molecular weight excluding hydrogens is 281 g/mol. The molecule has 1 heterocycles. The van der Waals surface area contributed by atoms with Crippen LogP contribution >= 0.6 is 0 Å². The van der Waals surface area contributed by atoms with Crippen molar-refractivity contribution in [2.45, 2.75) is 0 Å². The number of rotatable bonds is 3. The lowest BCUT2D eigenvalue weighted by Crippen LogP contribution is -2.09. The van der Waals surface area contributed by atoms with Gasteiger partial charge in [-0.1, -0.05) is 5.21 Å². The Balaban J connectivity index is 1.98. The van der Waals surface area contributed by atoms with Gasteiger partial charge in [-0.3, -0.25) is 0 Å². The molecule has 0 unspecified atom stereocenters. The van der Waals surface area contributed by atoms with Gasteiger partial charge < -0.3 is 10.6 Å². The number of aromatic nitrogens is 3. The van der Waals surface area contributed by atoms with Crippen molar-refractivity contribution in [3.63, 3.8) is 0 Å². The van der Waals surface area contributed by atoms with E-state index in [0.717, 1.165) is 16.9 Å². The predicted molar refractivity (Wildman–Crippen MR) is 85.5 cm³/mol. The number of nitrogen functional groups attached to an aromatic ring is 1. The molecule has 2 aromatic carbocycles. The minimum atomic E-state index is -0.297. The summed E-state index contributed by atoms with van der Waals surface area (Å²) < 4.78 is 14.6. The summed E-state index contributed by atoms with van der Waals surface area (Å²) in [6.45, 7) is 0. The van der Waals surface area contributed by atoms with Crippen LogP contribution in [0.3, 0.4) is 0 Å². The second-order valence-electron chi connectivity index (χ2n) is 5.15. The number of hydrogen-bond acceptors (Lipinski definition) is 4. The van der Waals surface area contributed by atoms with Crippen LogP contribution in [0.5, 0.6) is 0 Å². The van der Waals surface area contributed by atoms with Crippen LogP contribution in [0.2, 0.25) is 0 Å². The maximum Gasteiger partial charge on any atom is 0.155 e. The van der Waals surface area contributed by atoms with Gasteiger partial charge in [0.15, 0.2) is 5.82 Å². The number of halogens is 1. The Bertz CT molecular complexity index is 775. The van der Waals surface area contributed by atoms with E-state index < -0.39 is 0 Å². The van der Waals surface area contributed by atoms with Gasteiger partial charge in [0.2, 0.25) is 0 Å². The summed E-state index contributed by atoms with van der Waals surface area (Å²) in [7, 11) is 3.96. The molecule has 22 heavy (non-hydrogen) atoms. The van der Waals surface area contributed by atoms with Crippen molar-refractivity contribution in [1.29, 1.82) is 0 Å². The summed E-state index contributed by atoms with van der Waals surface area (Å²) in [5, 5.41) is 8.20. The highest BCUT2D eigenvalue weighted by Gasteiger charge is 2.13. The van der Waals surface area contributed by atoms with E-state index >= 15 is 0 Å². The third-order valence-corrected chi connectivity index (χ3v) is 3.43. The molecular formula is C16H16FN5. The molecule has 0 bridgehead atoms. The third kappa shape index (κ3) is 2.50. The lowest BCUT2D eigenvalue weighted by atomic mass is 10.1. The van der Waals surface area contributed by atoms with Crippen LogP contribution in [0.15, 0.2) is 48.5 Å². The van der Waals surface area contributed by atoms with Crippen LogP contribution in [-0.4, -0.2) is 29.1 Å². The zero-order chi connectivity index (χ0) is 15.7. The van der Waals surface area contributed by atoms with E-state index in [-0.39, 0.29) is 5.82 Å². The topological polar surface area (TPSA) is 60.0 Å². The van der Waals surface area contributed by atoms with E-state index in [9.17, 15) is 4.39 Å². The summed E-state index contributed by atoms with van der Waals surface area (Å²) in [6, 6.07) is 13.8. The van der Waals surface area contributed by atoms with E-state index in [1.165, 1.54) is 12.1 Å². The van der Waals surface area contributed by atoms with Crippen molar-refractivity contribution in [3.8, 4) is 16.9 Å². The Morgan fingerprint density at radius 3 is 2.23 bits per heavy atom. The summed E-state index contributed by atoms with van der Waals surface area (Å²) in [4.78, 5) is 2.01. The molecule has 6 heteroatoms. The van der Waals surface area contributed by atoms with E-state index in [0.29, 0.717) is 11.5 Å². The number of benzene rings is 2. The molecule has 0 radical (unpaired) electrons. The number of nitrogens with two attached hydrogens (primary N) is 1. The first-order valence-electron chi connectivity index (χ1n) is 6.81. The number of anilines is 2. The van der Waals surface area contributed by atoms with Crippen LogP contribution in [0.25, 0.3) is 16.9 Å². The van der Waals surface area contributed by atoms with Crippen molar-refractivity contribution in [3.05, 3.63) is 54.3 Å². The molecule has 0 spiro atoms. The molecule has 112 valence electrons. The molecule has 0 aliphatic heterocycles. The molecule has 0 aliphatic carbocycles. The molecule has 1 aromatic heterocycles. The SMILES string of the molecule is CN(C)c1ccc(-n2nnc(-c3ccc(F)cc3)c2N)cc1. The fourth-order valence-corrected chi connectivity index (χ4v) is 2.19. The fraction of sp³-hybridized carbons (Fsp3) is 0.125. The average Bonchev–Trinajstić information content (AvgIpc) is 2.90. The first kappa shape index (κ1) is 14.1. The third-order valence-electron chi connectivity index (χ3n) is 3.43. The predicted octanol–water partition coefficient (Wildman–Crippen LogP) is 2.72. The maximum atomic E-state index is 13.0. The van der Waals surface area contributed by atoms with Crippen molar-refractivity contribution < 1.29 is 4.39 Å². The second-order valence-corrected chi connectivity index (χ2v) is 5.15. The van der Waals surface area contributed by atoms with Gasteiger partial charge in [-0.05, 0) is 48.5 Å². The highest BCUT2D eigenvalue weighted by molar-refractivity contribution is 5.71. The minimum Gasteiger partial charge on any atom is -0.382 e. The van der Waals surface area contributed by atoms with E-state index in [1.54, 1.807) is 16.8 Å². The summed E-state index contributed by atoms with van der Waals surface area (Å²) >= 11 is 0. The molecule has 0 amide bonds. The van der Waals surface area contributed by atoms with Gasteiger partial charge in [0.05, 0.1) is 5.69 Å². The zero-order valence-corrected chi connectivity index (χ0v) is 12.4. The first-order chi connectivity index (χ1) is 10.6. The van der Waals surface area contributed by atoms with Gasteiger partial charge in [-0.25, -0.2) is 4.39 Å². The van der Waals surface area contributed by atoms with E-state index in [4.69, 9.17) is 5.73 Å². The smallest absolute Gasteiger partial charge is 0.155 e.